The molecule has 102 valence electrons. The summed E-state index contributed by atoms with van der Waals surface area (Å²) in [4.78, 5) is 2.38. The highest BCUT2D eigenvalue weighted by Gasteiger charge is 2.09. The van der Waals surface area contributed by atoms with E-state index in [2.05, 4.69) is 42.3 Å². The number of hydrogen-bond donors (Lipinski definition) is 1. The van der Waals surface area contributed by atoms with Gasteiger partial charge < -0.3 is 15.0 Å². The van der Waals surface area contributed by atoms with Crippen LogP contribution in [-0.4, -0.2) is 33.4 Å². The molecule has 3 nitrogen and oxygen atoms in total. The Labute approximate surface area is 111 Å². The van der Waals surface area contributed by atoms with Crippen LogP contribution in [0.5, 0.6) is 0 Å². The number of benzene rings is 1. The highest BCUT2D eigenvalue weighted by Crippen LogP contribution is 2.21. The number of aryl methyl sites for hydroxylation is 1. The van der Waals surface area contributed by atoms with E-state index >= 15 is 0 Å². The lowest BCUT2D eigenvalue weighted by Gasteiger charge is -2.26. The Balaban J connectivity index is 2.82. The molecule has 0 saturated heterocycles. The summed E-state index contributed by atoms with van der Waals surface area (Å²) >= 11 is 0. The molecule has 0 amide bonds. The van der Waals surface area contributed by atoms with Gasteiger partial charge in [-0.25, -0.2) is 0 Å². The maximum atomic E-state index is 5.45. The summed E-state index contributed by atoms with van der Waals surface area (Å²) in [6, 6.07) is 6.66. The van der Waals surface area contributed by atoms with Gasteiger partial charge in [-0.2, -0.15) is 0 Å². The molecule has 0 aliphatic heterocycles. The Morgan fingerprint density at radius 3 is 2.67 bits per heavy atom. The Morgan fingerprint density at radius 1 is 1.28 bits per heavy atom. The number of anilines is 1. The third-order valence-corrected chi connectivity index (χ3v) is 3.03. The molecule has 0 heterocycles. The van der Waals surface area contributed by atoms with Crippen molar-refractivity contribution in [1.29, 1.82) is 0 Å². The molecular formula is C15H26N2O. The molecule has 0 fully saturated rings. The molecule has 0 unspecified atom stereocenters. The summed E-state index contributed by atoms with van der Waals surface area (Å²) < 4.78 is 5.45. The first-order chi connectivity index (χ1) is 8.72. The number of ether oxygens (including phenoxy) is 1. The second kappa shape index (κ2) is 8.11. The molecule has 1 rings (SSSR count). The molecule has 0 aliphatic rings. The molecule has 1 aromatic rings. The molecule has 0 aromatic heterocycles. The van der Waals surface area contributed by atoms with Crippen molar-refractivity contribution in [2.24, 2.45) is 0 Å². The van der Waals surface area contributed by atoms with Gasteiger partial charge in [-0.3, -0.25) is 0 Å². The number of rotatable bonds is 8. The van der Waals surface area contributed by atoms with Crippen LogP contribution in [0.3, 0.4) is 0 Å². The van der Waals surface area contributed by atoms with Crippen LogP contribution in [0.15, 0.2) is 18.2 Å². The van der Waals surface area contributed by atoms with Crippen molar-refractivity contribution in [2.75, 3.05) is 38.3 Å². The molecule has 0 atom stereocenters. The zero-order valence-electron chi connectivity index (χ0n) is 12.1. The van der Waals surface area contributed by atoms with Gasteiger partial charge in [0.1, 0.15) is 0 Å². The van der Waals surface area contributed by atoms with Crippen molar-refractivity contribution in [2.45, 2.75) is 27.3 Å². The topological polar surface area (TPSA) is 24.5 Å². The van der Waals surface area contributed by atoms with Crippen LogP contribution in [0.4, 0.5) is 5.69 Å². The normalized spacial score (nSPS) is 10.7. The monoisotopic (exact) mass is 250 g/mol. The van der Waals surface area contributed by atoms with Crippen LogP contribution >= 0.6 is 0 Å². The molecule has 0 spiro atoms. The fraction of sp³-hybridized carbons (Fsp3) is 0.600. The minimum atomic E-state index is 0.787. The van der Waals surface area contributed by atoms with Gasteiger partial charge >= 0.3 is 0 Å². The van der Waals surface area contributed by atoms with E-state index in [4.69, 9.17) is 4.74 Å². The predicted molar refractivity (Wildman–Crippen MR) is 78.3 cm³/mol. The largest absolute Gasteiger partial charge is 0.380 e. The fourth-order valence-corrected chi connectivity index (χ4v) is 2.12. The summed E-state index contributed by atoms with van der Waals surface area (Å²) in [5.74, 6) is 0. The maximum Gasteiger partial charge on any atom is 0.0641 e. The second-order valence-electron chi connectivity index (χ2n) is 4.44. The van der Waals surface area contributed by atoms with E-state index in [1.54, 1.807) is 0 Å². The molecule has 0 radical (unpaired) electrons. The lowest BCUT2D eigenvalue weighted by atomic mass is 10.1. The van der Waals surface area contributed by atoms with Crippen LogP contribution in [0.1, 0.15) is 25.0 Å². The van der Waals surface area contributed by atoms with Gasteiger partial charge in [-0.15, -0.1) is 0 Å². The van der Waals surface area contributed by atoms with E-state index in [-0.39, 0.29) is 0 Å². The SMILES string of the molecule is CCOCCN(CC)c1ccc(C)cc1CNC. The Morgan fingerprint density at radius 2 is 2.06 bits per heavy atom. The summed E-state index contributed by atoms with van der Waals surface area (Å²) in [7, 11) is 1.99. The highest BCUT2D eigenvalue weighted by molar-refractivity contribution is 5.55. The minimum absolute atomic E-state index is 0.787. The molecule has 3 heteroatoms. The molecule has 0 bridgehead atoms. The molecule has 18 heavy (non-hydrogen) atoms. The molecule has 1 N–H and O–H groups in total. The molecular weight excluding hydrogens is 224 g/mol. The smallest absolute Gasteiger partial charge is 0.0641 e. The van der Waals surface area contributed by atoms with Crippen LogP contribution in [0.2, 0.25) is 0 Å². The van der Waals surface area contributed by atoms with Gasteiger partial charge in [-0.1, -0.05) is 17.7 Å². The number of hydrogen-bond acceptors (Lipinski definition) is 3. The third kappa shape index (κ3) is 4.31. The summed E-state index contributed by atoms with van der Waals surface area (Å²) in [6.07, 6.45) is 0. The van der Waals surface area contributed by atoms with E-state index in [0.717, 1.165) is 32.8 Å². The molecule has 0 aliphatic carbocycles. The average molecular weight is 250 g/mol. The van der Waals surface area contributed by atoms with Crippen molar-refractivity contribution in [3.8, 4) is 0 Å². The van der Waals surface area contributed by atoms with Gasteiger partial charge in [-0.05, 0) is 39.4 Å². The second-order valence-corrected chi connectivity index (χ2v) is 4.44. The lowest BCUT2D eigenvalue weighted by molar-refractivity contribution is 0.154. The number of nitrogens with one attached hydrogen (secondary N) is 1. The van der Waals surface area contributed by atoms with E-state index < -0.39 is 0 Å². The van der Waals surface area contributed by atoms with Gasteiger partial charge in [0, 0.05) is 31.9 Å². The minimum Gasteiger partial charge on any atom is -0.380 e. The first kappa shape index (κ1) is 15.0. The average Bonchev–Trinajstić information content (AvgIpc) is 2.36. The van der Waals surface area contributed by atoms with Crippen molar-refractivity contribution >= 4 is 5.69 Å². The zero-order chi connectivity index (χ0) is 13.4. The first-order valence-electron chi connectivity index (χ1n) is 6.79. The van der Waals surface area contributed by atoms with E-state index in [0.29, 0.717) is 0 Å². The van der Waals surface area contributed by atoms with Crippen molar-refractivity contribution in [3.63, 3.8) is 0 Å². The van der Waals surface area contributed by atoms with E-state index in [1.807, 2.05) is 14.0 Å². The Hall–Kier alpha value is -1.06. The summed E-state index contributed by atoms with van der Waals surface area (Å²) in [5.41, 5.74) is 3.98. The maximum absolute atomic E-state index is 5.45. The summed E-state index contributed by atoms with van der Waals surface area (Å²) in [6.45, 7) is 10.8. The van der Waals surface area contributed by atoms with Crippen LogP contribution < -0.4 is 10.2 Å². The standard InChI is InChI=1S/C15H26N2O/c1-5-17(9-10-18-6-2)15-8-7-13(3)11-14(15)12-16-4/h7-8,11,16H,5-6,9-10,12H2,1-4H3. The van der Waals surface area contributed by atoms with Crippen LogP contribution in [-0.2, 0) is 11.3 Å². The predicted octanol–water partition coefficient (Wildman–Crippen LogP) is 2.58. The first-order valence-corrected chi connectivity index (χ1v) is 6.79. The Kier molecular flexibility index (Phi) is 6.76. The van der Waals surface area contributed by atoms with Crippen molar-refractivity contribution < 1.29 is 4.74 Å². The van der Waals surface area contributed by atoms with Crippen molar-refractivity contribution in [3.05, 3.63) is 29.3 Å². The van der Waals surface area contributed by atoms with Gasteiger partial charge in [0.25, 0.3) is 0 Å². The number of likely N-dealkylation sites (N-methyl/N-ethyl adjacent to an activating group) is 1. The zero-order valence-corrected chi connectivity index (χ0v) is 12.1. The fourth-order valence-electron chi connectivity index (χ4n) is 2.12. The number of nitrogens with zero attached hydrogens (tertiary/aromatic N) is 1. The van der Waals surface area contributed by atoms with Crippen LogP contribution in [0, 0.1) is 6.92 Å². The molecule has 0 saturated carbocycles. The van der Waals surface area contributed by atoms with Gasteiger partial charge in [0.2, 0.25) is 0 Å². The highest BCUT2D eigenvalue weighted by atomic mass is 16.5. The van der Waals surface area contributed by atoms with Crippen LogP contribution in [0.25, 0.3) is 0 Å². The van der Waals surface area contributed by atoms with Crippen molar-refractivity contribution in [1.82, 2.24) is 5.32 Å². The third-order valence-electron chi connectivity index (χ3n) is 3.03. The van der Waals surface area contributed by atoms with Gasteiger partial charge in [0.15, 0.2) is 0 Å². The Bertz CT molecular complexity index is 352. The van der Waals surface area contributed by atoms with Gasteiger partial charge in [0.05, 0.1) is 6.61 Å². The lowest BCUT2D eigenvalue weighted by Crippen LogP contribution is -2.28. The van der Waals surface area contributed by atoms with E-state index in [9.17, 15) is 0 Å². The van der Waals surface area contributed by atoms with E-state index in [1.165, 1.54) is 16.8 Å². The molecule has 1 aromatic carbocycles. The quantitative estimate of drug-likeness (QED) is 0.718. The summed E-state index contributed by atoms with van der Waals surface area (Å²) in [5, 5.41) is 3.24.